The molecular weight excluding hydrogens is 263 g/mol. The quantitative estimate of drug-likeness (QED) is 0.836. The zero-order chi connectivity index (χ0) is 13.0. The first-order chi connectivity index (χ1) is 8.54. The standard InChI is InChI=1S/C12H12F3NOS/c13-12(14,15)8-17-5-4-16-10-1-2-11-9(7-10)3-6-18-11/h1-3,6-7,16H,4-5,8H2. The summed E-state index contributed by atoms with van der Waals surface area (Å²) in [6, 6.07) is 7.86. The van der Waals surface area contributed by atoms with Crippen molar-refractivity contribution in [3.63, 3.8) is 0 Å². The smallest absolute Gasteiger partial charge is 0.383 e. The van der Waals surface area contributed by atoms with E-state index in [0.29, 0.717) is 6.54 Å². The summed E-state index contributed by atoms with van der Waals surface area (Å²) >= 11 is 1.65. The molecule has 0 unspecified atom stereocenters. The van der Waals surface area contributed by atoms with Gasteiger partial charge >= 0.3 is 6.18 Å². The fourth-order valence-electron chi connectivity index (χ4n) is 1.53. The van der Waals surface area contributed by atoms with Crippen molar-refractivity contribution < 1.29 is 17.9 Å². The summed E-state index contributed by atoms with van der Waals surface area (Å²) in [5, 5.41) is 6.15. The van der Waals surface area contributed by atoms with Crippen molar-refractivity contribution in [1.82, 2.24) is 0 Å². The molecule has 0 saturated carbocycles. The maximum atomic E-state index is 11.8. The highest BCUT2D eigenvalue weighted by molar-refractivity contribution is 7.17. The van der Waals surface area contributed by atoms with Crippen molar-refractivity contribution in [2.24, 2.45) is 0 Å². The summed E-state index contributed by atoms with van der Waals surface area (Å²) in [6.45, 7) is -0.814. The van der Waals surface area contributed by atoms with Gasteiger partial charge < -0.3 is 10.1 Å². The number of alkyl halides is 3. The van der Waals surface area contributed by atoms with Crippen molar-refractivity contribution in [2.75, 3.05) is 25.1 Å². The molecule has 18 heavy (non-hydrogen) atoms. The van der Waals surface area contributed by atoms with E-state index in [2.05, 4.69) is 10.1 Å². The van der Waals surface area contributed by atoms with E-state index in [-0.39, 0.29) is 6.61 Å². The molecule has 0 spiro atoms. The average Bonchev–Trinajstić information content (AvgIpc) is 2.74. The number of hydrogen-bond acceptors (Lipinski definition) is 3. The normalized spacial score (nSPS) is 11.9. The van der Waals surface area contributed by atoms with Crippen molar-refractivity contribution in [1.29, 1.82) is 0 Å². The van der Waals surface area contributed by atoms with Crippen LogP contribution in [-0.4, -0.2) is 25.9 Å². The third kappa shape index (κ3) is 3.89. The second-order valence-electron chi connectivity index (χ2n) is 3.77. The van der Waals surface area contributed by atoms with E-state index >= 15 is 0 Å². The molecule has 2 aromatic rings. The van der Waals surface area contributed by atoms with E-state index in [0.717, 1.165) is 11.1 Å². The summed E-state index contributed by atoms with van der Waals surface area (Å²) < 4.78 is 41.1. The highest BCUT2D eigenvalue weighted by atomic mass is 32.1. The molecule has 1 aromatic carbocycles. The summed E-state index contributed by atoms with van der Waals surface area (Å²) in [7, 11) is 0. The fourth-order valence-corrected chi connectivity index (χ4v) is 2.30. The summed E-state index contributed by atoms with van der Waals surface area (Å²) in [5.74, 6) is 0. The van der Waals surface area contributed by atoms with Crippen LogP contribution >= 0.6 is 11.3 Å². The van der Waals surface area contributed by atoms with Crippen molar-refractivity contribution in [3.05, 3.63) is 29.6 Å². The Hall–Kier alpha value is -1.27. The number of thiophene rings is 1. The molecule has 98 valence electrons. The van der Waals surface area contributed by atoms with Gasteiger partial charge in [0.05, 0.1) is 6.61 Å². The minimum Gasteiger partial charge on any atom is -0.383 e. The molecule has 0 aliphatic rings. The van der Waals surface area contributed by atoms with E-state index in [4.69, 9.17) is 0 Å². The van der Waals surface area contributed by atoms with Gasteiger partial charge in [-0.1, -0.05) is 0 Å². The minimum atomic E-state index is -4.25. The minimum absolute atomic E-state index is 0.0290. The van der Waals surface area contributed by atoms with Crippen LogP contribution in [0.15, 0.2) is 29.6 Å². The largest absolute Gasteiger partial charge is 0.411 e. The predicted molar refractivity (Wildman–Crippen MR) is 67.2 cm³/mol. The topological polar surface area (TPSA) is 21.3 Å². The lowest BCUT2D eigenvalue weighted by atomic mass is 10.2. The molecule has 0 bridgehead atoms. The van der Waals surface area contributed by atoms with E-state index in [9.17, 15) is 13.2 Å². The van der Waals surface area contributed by atoms with Crippen LogP contribution in [0.2, 0.25) is 0 Å². The van der Waals surface area contributed by atoms with E-state index in [1.54, 1.807) is 11.3 Å². The van der Waals surface area contributed by atoms with Gasteiger partial charge in [0.1, 0.15) is 6.61 Å². The van der Waals surface area contributed by atoms with Gasteiger partial charge in [-0.05, 0) is 35.0 Å². The van der Waals surface area contributed by atoms with Crippen LogP contribution in [0.5, 0.6) is 0 Å². The number of fused-ring (bicyclic) bond motifs is 1. The number of ether oxygens (including phenoxy) is 1. The van der Waals surface area contributed by atoms with Gasteiger partial charge in [0.25, 0.3) is 0 Å². The third-order valence-corrected chi connectivity index (χ3v) is 3.19. The van der Waals surface area contributed by atoms with Gasteiger partial charge in [0.15, 0.2) is 0 Å². The number of rotatable bonds is 5. The number of nitrogens with one attached hydrogen (secondary N) is 1. The van der Waals surface area contributed by atoms with Gasteiger partial charge in [-0.15, -0.1) is 11.3 Å². The molecule has 0 radical (unpaired) electrons. The Morgan fingerprint density at radius 2 is 2.06 bits per heavy atom. The summed E-state index contributed by atoms with van der Waals surface area (Å²) in [6.07, 6.45) is -4.25. The van der Waals surface area contributed by atoms with E-state index in [1.165, 1.54) is 4.70 Å². The number of benzene rings is 1. The van der Waals surface area contributed by atoms with Crippen molar-refractivity contribution in [2.45, 2.75) is 6.18 Å². The van der Waals surface area contributed by atoms with Crippen LogP contribution in [0.25, 0.3) is 10.1 Å². The van der Waals surface area contributed by atoms with Crippen LogP contribution < -0.4 is 5.32 Å². The Kier molecular flexibility index (Phi) is 4.08. The second kappa shape index (κ2) is 5.58. The molecule has 0 amide bonds. The maximum absolute atomic E-state index is 11.8. The fraction of sp³-hybridized carbons (Fsp3) is 0.333. The Morgan fingerprint density at radius 1 is 1.22 bits per heavy atom. The van der Waals surface area contributed by atoms with Crippen LogP contribution in [0.3, 0.4) is 0 Å². The first-order valence-corrected chi connectivity index (χ1v) is 6.28. The lowest BCUT2D eigenvalue weighted by Crippen LogP contribution is -2.20. The number of halogens is 3. The van der Waals surface area contributed by atoms with Gasteiger partial charge in [-0.3, -0.25) is 0 Å². The average molecular weight is 275 g/mol. The highest BCUT2D eigenvalue weighted by Gasteiger charge is 2.27. The molecule has 0 atom stereocenters. The molecule has 0 fully saturated rings. The molecule has 2 nitrogen and oxygen atoms in total. The van der Waals surface area contributed by atoms with Crippen LogP contribution in [0.4, 0.5) is 18.9 Å². The Bertz CT molecular complexity index is 509. The first-order valence-electron chi connectivity index (χ1n) is 5.40. The summed E-state index contributed by atoms with van der Waals surface area (Å²) in [5.41, 5.74) is 0.886. The SMILES string of the molecule is FC(F)(F)COCCNc1ccc2sccc2c1. The molecule has 1 heterocycles. The zero-order valence-electron chi connectivity index (χ0n) is 9.46. The Labute approximate surface area is 106 Å². The number of anilines is 1. The molecule has 6 heteroatoms. The van der Waals surface area contributed by atoms with Gasteiger partial charge in [-0.2, -0.15) is 13.2 Å². The molecule has 0 saturated heterocycles. The molecule has 2 rings (SSSR count). The highest BCUT2D eigenvalue weighted by Crippen LogP contribution is 2.23. The Balaban J connectivity index is 1.76. The molecular formula is C12H12F3NOS. The lowest BCUT2D eigenvalue weighted by Gasteiger charge is -2.09. The lowest BCUT2D eigenvalue weighted by molar-refractivity contribution is -0.172. The molecule has 0 aliphatic heterocycles. The summed E-state index contributed by atoms with van der Waals surface area (Å²) in [4.78, 5) is 0. The number of hydrogen-bond donors (Lipinski definition) is 1. The monoisotopic (exact) mass is 275 g/mol. The van der Waals surface area contributed by atoms with Crippen LogP contribution in [-0.2, 0) is 4.74 Å². The Morgan fingerprint density at radius 3 is 2.83 bits per heavy atom. The van der Waals surface area contributed by atoms with Crippen LogP contribution in [0, 0.1) is 0 Å². The first kappa shape index (κ1) is 13.2. The molecule has 1 N–H and O–H groups in total. The predicted octanol–water partition coefficient (Wildman–Crippen LogP) is 3.89. The van der Waals surface area contributed by atoms with E-state index < -0.39 is 12.8 Å². The van der Waals surface area contributed by atoms with Crippen molar-refractivity contribution in [3.8, 4) is 0 Å². The molecule has 0 aliphatic carbocycles. The zero-order valence-corrected chi connectivity index (χ0v) is 10.3. The van der Waals surface area contributed by atoms with Crippen LogP contribution in [0.1, 0.15) is 0 Å². The van der Waals surface area contributed by atoms with E-state index in [1.807, 2.05) is 29.6 Å². The second-order valence-corrected chi connectivity index (χ2v) is 4.72. The van der Waals surface area contributed by atoms with Gasteiger partial charge in [0, 0.05) is 16.9 Å². The maximum Gasteiger partial charge on any atom is 0.411 e. The van der Waals surface area contributed by atoms with Gasteiger partial charge in [-0.25, -0.2) is 0 Å². The van der Waals surface area contributed by atoms with Gasteiger partial charge in [0.2, 0.25) is 0 Å². The van der Waals surface area contributed by atoms with Crippen molar-refractivity contribution >= 4 is 27.1 Å². The molecule has 1 aromatic heterocycles. The third-order valence-electron chi connectivity index (χ3n) is 2.29.